The van der Waals surface area contributed by atoms with Crippen LogP contribution in [0.1, 0.15) is 47.8 Å². The van der Waals surface area contributed by atoms with Gasteiger partial charge in [-0.05, 0) is 36.5 Å². The minimum atomic E-state index is -0.874. The van der Waals surface area contributed by atoms with Crippen LogP contribution in [0.3, 0.4) is 0 Å². The fraction of sp³-hybridized carbons (Fsp3) is 0.353. The number of rotatable bonds is 4. The molecule has 1 aromatic carbocycles. The van der Waals surface area contributed by atoms with Gasteiger partial charge in [0.25, 0.3) is 0 Å². The third kappa shape index (κ3) is 2.48. The predicted octanol–water partition coefficient (Wildman–Crippen LogP) is 4.21. The van der Waals surface area contributed by atoms with E-state index in [1.807, 2.05) is 18.5 Å². The van der Waals surface area contributed by atoms with E-state index in [0.29, 0.717) is 11.5 Å². The van der Waals surface area contributed by atoms with Gasteiger partial charge in [0, 0.05) is 18.4 Å². The van der Waals surface area contributed by atoms with Gasteiger partial charge in [-0.1, -0.05) is 38.1 Å². The van der Waals surface area contributed by atoms with Crippen molar-refractivity contribution in [1.82, 2.24) is 4.57 Å². The van der Waals surface area contributed by atoms with Gasteiger partial charge in [0.2, 0.25) is 0 Å². The Morgan fingerprint density at radius 3 is 2.35 bits per heavy atom. The van der Waals surface area contributed by atoms with Crippen LogP contribution in [0.4, 0.5) is 0 Å². The molecular weight excluding hydrogens is 250 g/mol. The highest BCUT2D eigenvalue weighted by Crippen LogP contribution is 2.27. The summed E-state index contributed by atoms with van der Waals surface area (Å²) in [6.45, 7) is 6.23. The van der Waals surface area contributed by atoms with Crippen molar-refractivity contribution < 1.29 is 9.90 Å². The molecule has 1 heterocycles. The van der Waals surface area contributed by atoms with E-state index < -0.39 is 5.97 Å². The van der Waals surface area contributed by atoms with E-state index in [1.165, 1.54) is 5.56 Å². The minimum absolute atomic E-state index is 0.369. The van der Waals surface area contributed by atoms with Crippen LogP contribution in [-0.4, -0.2) is 15.6 Å². The lowest BCUT2D eigenvalue weighted by Crippen LogP contribution is -1.99. The van der Waals surface area contributed by atoms with Gasteiger partial charge in [0.15, 0.2) is 0 Å². The van der Waals surface area contributed by atoms with Crippen molar-refractivity contribution >= 4 is 5.97 Å². The number of carboxylic acid groups (broad SMARTS) is 1. The van der Waals surface area contributed by atoms with Crippen LogP contribution >= 0.6 is 0 Å². The van der Waals surface area contributed by atoms with E-state index in [-0.39, 0.29) is 0 Å². The zero-order valence-corrected chi connectivity index (χ0v) is 12.5. The number of nitrogens with zero attached hydrogens (tertiary/aromatic N) is 1. The van der Waals surface area contributed by atoms with Gasteiger partial charge in [0.05, 0.1) is 5.56 Å². The molecule has 1 N–H and O–H groups in total. The van der Waals surface area contributed by atoms with Gasteiger partial charge in [-0.25, -0.2) is 4.79 Å². The Hall–Kier alpha value is -2.03. The molecule has 0 aliphatic rings. The first kappa shape index (κ1) is 14.4. The summed E-state index contributed by atoms with van der Waals surface area (Å²) < 4.78 is 1.93. The normalized spacial score (nSPS) is 12.4. The Morgan fingerprint density at radius 2 is 1.90 bits per heavy atom. The maximum absolute atomic E-state index is 11.2. The number of hydrogen-bond donors (Lipinski definition) is 1. The summed E-state index contributed by atoms with van der Waals surface area (Å²) in [4.78, 5) is 11.2. The first-order chi connectivity index (χ1) is 9.45. The Balaban J connectivity index is 2.42. The molecule has 1 atom stereocenters. The molecule has 0 fully saturated rings. The third-order valence-electron chi connectivity index (χ3n) is 4.15. The molecule has 20 heavy (non-hydrogen) atoms. The molecule has 1 aromatic heterocycles. The molecule has 0 radical (unpaired) electrons. The van der Waals surface area contributed by atoms with Crippen LogP contribution in [0.15, 0.2) is 30.3 Å². The van der Waals surface area contributed by atoms with Crippen molar-refractivity contribution in [2.75, 3.05) is 0 Å². The van der Waals surface area contributed by atoms with E-state index in [0.717, 1.165) is 23.4 Å². The van der Waals surface area contributed by atoms with Crippen molar-refractivity contribution in [3.63, 3.8) is 0 Å². The highest BCUT2D eigenvalue weighted by molar-refractivity contribution is 5.91. The third-order valence-corrected chi connectivity index (χ3v) is 4.15. The Labute approximate surface area is 119 Å². The van der Waals surface area contributed by atoms with E-state index in [9.17, 15) is 9.90 Å². The minimum Gasteiger partial charge on any atom is -0.478 e. The highest BCUT2D eigenvalue weighted by Gasteiger charge is 2.15. The summed E-state index contributed by atoms with van der Waals surface area (Å²) in [5.41, 5.74) is 4.46. The van der Waals surface area contributed by atoms with Crippen molar-refractivity contribution in [2.45, 2.75) is 33.1 Å². The van der Waals surface area contributed by atoms with E-state index in [4.69, 9.17) is 0 Å². The van der Waals surface area contributed by atoms with E-state index >= 15 is 0 Å². The van der Waals surface area contributed by atoms with Gasteiger partial charge in [-0.3, -0.25) is 0 Å². The first-order valence-corrected chi connectivity index (χ1v) is 6.95. The average Bonchev–Trinajstić information content (AvgIpc) is 2.75. The second-order valence-corrected chi connectivity index (χ2v) is 5.32. The fourth-order valence-electron chi connectivity index (χ4n) is 2.41. The molecule has 2 aromatic rings. The SMILES string of the molecule is CCC(C)c1ccc(-c2cc(C(=O)O)c(C)n2C)cc1. The Bertz CT molecular complexity index is 623. The van der Waals surface area contributed by atoms with Crippen LogP contribution in [-0.2, 0) is 7.05 Å². The number of benzene rings is 1. The molecular formula is C17H21NO2. The maximum Gasteiger partial charge on any atom is 0.337 e. The summed E-state index contributed by atoms with van der Waals surface area (Å²) in [6.07, 6.45) is 1.12. The topological polar surface area (TPSA) is 42.2 Å². The first-order valence-electron chi connectivity index (χ1n) is 6.95. The summed E-state index contributed by atoms with van der Waals surface area (Å²) >= 11 is 0. The standard InChI is InChI=1S/C17H21NO2/c1-5-11(2)13-6-8-14(9-7-13)16-10-15(17(19)20)12(3)18(16)4/h6-11H,5H2,1-4H3,(H,19,20). The van der Waals surface area contributed by atoms with Crippen LogP contribution < -0.4 is 0 Å². The molecule has 0 bridgehead atoms. The molecule has 0 saturated carbocycles. The number of carbonyl (C=O) groups is 1. The zero-order chi connectivity index (χ0) is 14.9. The summed E-state index contributed by atoms with van der Waals surface area (Å²) in [5.74, 6) is -0.325. The largest absolute Gasteiger partial charge is 0.478 e. The second kappa shape index (κ2) is 5.53. The van der Waals surface area contributed by atoms with Crippen molar-refractivity contribution in [3.8, 4) is 11.3 Å². The van der Waals surface area contributed by atoms with Gasteiger partial charge in [-0.15, -0.1) is 0 Å². The average molecular weight is 271 g/mol. The van der Waals surface area contributed by atoms with Crippen LogP contribution in [0.5, 0.6) is 0 Å². The Kier molecular flexibility index (Phi) is 3.98. The molecule has 0 saturated heterocycles. The zero-order valence-electron chi connectivity index (χ0n) is 12.5. The number of aromatic carboxylic acids is 1. The van der Waals surface area contributed by atoms with Crippen molar-refractivity contribution in [3.05, 3.63) is 47.2 Å². The molecule has 0 amide bonds. The second-order valence-electron chi connectivity index (χ2n) is 5.32. The molecule has 3 heteroatoms. The number of hydrogen-bond acceptors (Lipinski definition) is 1. The number of carboxylic acids is 1. The van der Waals surface area contributed by atoms with Gasteiger partial charge >= 0.3 is 5.97 Å². The van der Waals surface area contributed by atoms with E-state index in [1.54, 1.807) is 6.07 Å². The molecule has 2 rings (SSSR count). The van der Waals surface area contributed by atoms with Crippen molar-refractivity contribution in [2.24, 2.45) is 7.05 Å². The molecule has 106 valence electrons. The molecule has 3 nitrogen and oxygen atoms in total. The molecule has 0 aliphatic carbocycles. The lowest BCUT2D eigenvalue weighted by molar-refractivity contribution is 0.0696. The lowest BCUT2D eigenvalue weighted by atomic mass is 9.97. The molecule has 0 spiro atoms. The van der Waals surface area contributed by atoms with E-state index in [2.05, 4.69) is 38.1 Å². The fourth-order valence-corrected chi connectivity index (χ4v) is 2.41. The summed E-state index contributed by atoms with van der Waals surface area (Å²) in [7, 11) is 1.90. The molecule has 1 unspecified atom stereocenters. The molecule has 0 aliphatic heterocycles. The van der Waals surface area contributed by atoms with Gasteiger partial charge in [-0.2, -0.15) is 0 Å². The lowest BCUT2D eigenvalue weighted by Gasteiger charge is -2.10. The number of aromatic nitrogens is 1. The van der Waals surface area contributed by atoms with Gasteiger partial charge in [0.1, 0.15) is 0 Å². The van der Waals surface area contributed by atoms with Crippen LogP contribution in [0.2, 0.25) is 0 Å². The van der Waals surface area contributed by atoms with Gasteiger partial charge < -0.3 is 9.67 Å². The van der Waals surface area contributed by atoms with Crippen molar-refractivity contribution in [1.29, 1.82) is 0 Å². The van der Waals surface area contributed by atoms with Crippen LogP contribution in [0.25, 0.3) is 11.3 Å². The summed E-state index contributed by atoms with van der Waals surface area (Å²) in [6, 6.07) is 10.2. The predicted molar refractivity (Wildman–Crippen MR) is 81.3 cm³/mol. The Morgan fingerprint density at radius 1 is 1.30 bits per heavy atom. The van der Waals surface area contributed by atoms with Crippen LogP contribution in [0, 0.1) is 6.92 Å². The quantitative estimate of drug-likeness (QED) is 0.905. The smallest absolute Gasteiger partial charge is 0.337 e. The highest BCUT2D eigenvalue weighted by atomic mass is 16.4. The summed E-state index contributed by atoms with van der Waals surface area (Å²) in [5, 5.41) is 9.19. The maximum atomic E-state index is 11.2. The monoisotopic (exact) mass is 271 g/mol.